The van der Waals surface area contributed by atoms with Gasteiger partial charge in [-0.05, 0) is 6.92 Å². The molecule has 11 heavy (non-hydrogen) atoms. The maximum absolute atomic E-state index is 10.8. The van der Waals surface area contributed by atoms with Crippen LogP contribution in [0.2, 0.25) is 0 Å². The Bertz CT molecular complexity index is 145. The van der Waals surface area contributed by atoms with Crippen molar-refractivity contribution in [3.8, 4) is 0 Å². The number of halogens is 1. The molecule has 0 saturated carbocycles. The second kappa shape index (κ2) is 6.04. The lowest BCUT2D eigenvalue weighted by Crippen LogP contribution is -2.20. The predicted octanol–water partition coefficient (Wildman–Crippen LogP) is 1.05. The third-order valence-corrected chi connectivity index (χ3v) is 1.05. The van der Waals surface area contributed by atoms with E-state index in [2.05, 4.69) is 11.3 Å². The van der Waals surface area contributed by atoms with Crippen molar-refractivity contribution in [2.75, 3.05) is 20.7 Å². The van der Waals surface area contributed by atoms with Gasteiger partial charge in [0, 0.05) is 14.1 Å². The first-order chi connectivity index (χ1) is 4.59. The number of esters is 1. The highest BCUT2D eigenvalue weighted by Gasteiger charge is 2.07. The van der Waals surface area contributed by atoms with Gasteiger partial charge in [-0.15, -0.1) is 12.4 Å². The molecule has 0 amide bonds. The zero-order valence-electron chi connectivity index (χ0n) is 7.09. The van der Waals surface area contributed by atoms with E-state index in [1.165, 1.54) is 0 Å². The Morgan fingerprint density at radius 3 is 2.27 bits per heavy atom. The molecule has 0 N–H and O–H groups in total. The van der Waals surface area contributed by atoms with Crippen LogP contribution >= 0.6 is 12.4 Å². The summed E-state index contributed by atoms with van der Waals surface area (Å²) in [4.78, 5) is 12.4. The smallest absolute Gasteiger partial charge is 0.353 e. The fraction of sp³-hybridized carbons (Fsp3) is 0.571. The van der Waals surface area contributed by atoms with Gasteiger partial charge in [-0.3, -0.25) is 0 Å². The van der Waals surface area contributed by atoms with Gasteiger partial charge >= 0.3 is 5.97 Å². The Balaban J connectivity index is 0. The number of hydrogen-bond acceptors (Lipinski definition) is 3. The van der Waals surface area contributed by atoms with Gasteiger partial charge in [0.2, 0.25) is 0 Å². The highest BCUT2D eigenvalue weighted by molar-refractivity contribution is 5.86. The van der Waals surface area contributed by atoms with Crippen LogP contribution in [0.25, 0.3) is 0 Å². The van der Waals surface area contributed by atoms with Gasteiger partial charge in [-0.25, -0.2) is 4.79 Å². The molecule has 66 valence electrons. The van der Waals surface area contributed by atoms with Gasteiger partial charge in [0.1, 0.15) is 5.70 Å². The third kappa shape index (κ3) is 4.67. The predicted molar refractivity (Wildman–Crippen MR) is 46.7 cm³/mol. The minimum absolute atomic E-state index is 0. The molecule has 0 saturated heterocycles. The van der Waals surface area contributed by atoms with E-state index in [9.17, 15) is 4.79 Å². The molecule has 0 aromatic rings. The lowest BCUT2D eigenvalue weighted by Gasteiger charge is -2.12. The van der Waals surface area contributed by atoms with Crippen LogP contribution < -0.4 is 0 Å². The minimum atomic E-state index is -0.354. The van der Waals surface area contributed by atoms with Crippen molar-refractivity contribution in [2.45, 2.75) is 6.92 Å². The number of ether oxygens (including phenoxy) is 1. The summed E-state index contributed by atoms with van der Waals surface area (Å²) < 4.78 is 4.68. The summed E-state index contributed by atoms with van der Waals surface area (Å²) in [5.74, 6) is -0.354. The molecular formula is C7H14ClNO2. The van der Waals surface area contributed by atoms with Crippen molar-refractivity contribution < 1.29 is 9.53 Å². The Morgan fingerprint density at radius 1 is 1.55 bits per heavy atom. The molecule has 0 aliphatic heterocycles. The number of carbonyl (C=O) groups is 1. The van der Waals surface area contributed by atoms with E-state index in [4.69, 9.17) is 0 Å². The van der Waals surface area contributed by atoms with Gasteiger partial charge < -0.3 is 9.64 Å². The molecule has 0 radical (unpaired) electrons. The number of carbonyl (C=O) groups excluding carboxylic acids is 1. The van der Waals surface area contributed by atoms with Crippen LogP contribution in [0.1, 0.15) is 6.92 Å². The second-order valence-corrected chi connectivity index (χ2v) is 2.06. The van der Waals surface area contributed by atoms with Gasteiger partial charge in [0.15, 0.2) is 0 Å². The first-order valence-electron chi connectivity index (χ1n) is 3.13. The number of likely N-dealkylation sites (N-methyl/N-ethyl adjacent to an activating group) is 1. The Hall–Kier alpha value is -0.700. The minimum Gasteiger partial charge on any atom is -0.461 e. The summed E-state index contributed by atoms with van der Waals surface area (Å²) in [6.07, 6.45) is 0. The van der Waals surface area contributed by atoms with Crippen molar-refractivity contribution in [3.63, 3.8) is 0 Å². The Labute approximate surface area is 73.4 Å². The van der Waals surface area contributed by atoms with E-state index in [-0.39, 0.29) is 18.4 Å². The molecule has 0 heterocycles. The summed E-state index contributed by atoms with van der Waals surface area (Å²) in [7, 11) is 3.50. The average Bonchev–Trinajstić information content (AvgIpc) is 1.87. The fourth-order valence-electron chi connectivity index (χ4n) is 0.397. The van der Waals surface area contributed by atoms with Crippen molar-refractivity contribution >= 4 is 18.4 Å². The number of nitrogens with zero attached hydrogens (tertiary/aromatic N) is 1. The molecule has 0 aliphatic carbocycles. The molecular weight excluding hydrogens is 166 g/mol. The molecule has 0 fully saturated rings. The first kappa shape index (κ1) is 12.9. The van der Waals surface area contributed by atoms with E-state index in [0.29, 0.717) is 12.3 Å². The second-order valence-electron chi connectivity index (χ2n) is 2.06. The maximum atomic E-state index is 10.8. The van der Waals surface area contributed by atoms with E-state index in [1.54, 1.807) is 25.9 Å². The molecule has 4 heteroatoms. The van der Waals surface area contributed by atoms with Gasteiger partial charge in [-0.2, -0.15) is 0 Å². The van der Waals surface area contributed by atoms with E-state index in [1.807, 2.05) is 0 Å². The molecule has 0 bridgehead atoms. The van der Waals surface area contributed by atoms with Crippen molar-refractivity contribution in [3.05, 3.63) is 12.3 Å². The normalized spacial score (nSPS) is 7.91. The summed E-state index contributed by atoms with van der Waals surface area (Å²) in [6.45, 7) is 5.68. The molecule has 0 spiro atoms. The maximum Gasteiger partial charge on any atom is 0.353 e. The standard InChI is InChI=1S/C7H13NO2.ClH/c1-5-10-7(9)6(2)8(3)4;/h2,5H2,1,3-4H3;1H. The Morgan fingerprint density at radius 2 is 2.00 bits per heavy atom. The van der Waals surface area contributed by atoms with Crippen molar-refractivity contribution in [1.82, 2.24) is 4.90 Å². The summed E-state index contributed by atoms with van der Waals surface area (Å²) in [5, 5.41) is 0. The molecule has 0 atom stereocenters. The van der Waals surface area contributed by atoms with E-state index >= 15 is 0 Å². The molecule has 0 aromatic heterocycles. The zero-order valence-corrected chi connectivity index (χ0v) is 7.90. The van der Waals surface area contributed by atoms with Crippen molar-refractivity contribution in [2.24, 2.45) is 0 Å². The van der Waals surface area contributed by atoms with Crippen LogP contribution in [0.15, 0.2) is 12.3 Å². The van der Waals surface area contributed by atoms with Gasteiger partial charge in [0.25, 0.3) is 0 Å². The fourth-order valence-corrected chi connectivity index (χ4v) is 0.397. The van der Waals surface area contributed by atoms with Crippen LogP contribution in [0.4, 0.5) is 0 Å². The first-order valence-corrected chi connectivity index (χ1v) is 3.13. The molecule has 0 aromatic carbocycles. The number of hydrogen-bond donors (Lipinski definition) is 0. The topological polar surface area (TPSA) is 29.5 Å². The molecule has 0 rings (SSSR count). The number of rotatable bonds is 3. The highest BCUT2D eigenvalue weighted by Crippen LogP contribution is 1.96. The third-order valence-electron chi connectivity index (χ3n) is 1.05. The van der Waals surface area contributed by atoms with Crippen LogP contribution in [0, 0.1) is 0 Å². The summed E-state index contributed by atoms with van der Waals surface area (Å²) in [5.41, 5.74) is 0.377. The summed E-state index contributed by atoms with van der Waals surface area (Å²) in [6, 6.07) is 0. The van der Waals surface area contributed by atoms with E-state index in [0.717, 1.165) is 0 Å². The lowest BCUT2D eigenvalue weighted by molar-refractivity contribution is -0.139. The Kier molecular flexibility index (Phi) is 7.10. The zero-order chi connectivity index (χ0) is 8.15. The van der Waals surface area contributed by atoms with Gasteiger partial charge in [0.05, 0.1) is 6.61 Å². The highest BCUT2D eigenvalue weighted by atomic mass is 35.5. The molecule has 0 aliphatic rings. The molecule has 3 nitrogen and oxygen atoms in total. The van der Waals surface area contributed by atoms with Crippen LogP contribution in [0.3, 0.4) is 0 Å². The summed E-state index contributed by atoms with van der Waals surface area (Å²) >= 11 is 0. The van der Waals surface area contributed by atoms with Crippen LogP contribution in [-0.4, -0.2) is 31.6 Å². The van der Waals surface area contributed by atoms with Crippen molar-refractivity contribution in [1.29, 1.82) is 0 Å². The van der Waals surface area contributed by atoms with Gasteiger partial charge in [-0.1, -0.05) is 6.58 Å². The largest absolute Gasteiger partial charge is 0.461 e. The van der Waals surface area contributed by atoms with Crippen LogP contribution in [0.5, 0.6) is 0 Å². The SMILES string of the molecule is C=C(C(=O)OCC)N(C)C.Cl. The quantitative estimate of drug-likeness (QED) is 0.479. The average molecular weight is 180 g/mol. The van der Waals surface area contributed by atoms with E-state index < -0.39 is 0 Å². The molecule has 0 unspecified atom stereocenters. The van der Waals surface area contributed by atoms with Crippen LogP contribution in [-0.2, 0) is 9.53 Å². The monoisotopic (exact) mass is 179 g/mol. The lowest BCUT2D eigenvalue weighted by atomic mass is 10.5.